The molecule has 0 bridgehead atoms. The number of ether oxygens (including phenoxy) is 1. The highest BCUT2D eigenvalue weighted by molar-refractivity contribution is 6.00. The lowest BCUT2D eigenvalue weighted by molar-refractivity contribution is -0.298. The number of carbonyl (C=O) groups excluding carboxylic acids is 1. The predicted octanol–water partition coefficient (Wildman–Crippen LogP) is 6.85. The molecule has 7 atom stereocenters. The maximum atomic E-state index is 13.6. The molecule has 0 heterocycles. The minimum atomic E-state index is -0.133. The summed E-state index contributed by atoms with van der Waals surface area (Å²) >= 11 is 0. The van der Waals surface area contributed by atoms with E-state index in [1.165, 1.54) is 19.3 Å². The minimum absolute atomic E-state index is 0.0490. The molecule has 4 aliphatic rings. The van der Waals surface area contributed by atoms with Crippen molar-refractivity contribution in [2.75, 3.05) is 20.8 Å². The summed E-state index contributed by atoms with van der Waals surface area (Å²) in [7, 11) is 3.14. The topological polar surface area (TPSA) is 65.0 Å². The van der Waals surface area contributed by atoms with Gasteiger partial charge in [-0.2, -0.15) is 0 Å². The normalized spacial score (nSPS) is 44.6. The van der Waals surface area contributed by atoms with E-state index >= 15 is 0 Å². The van der Waals surface area contributed by atoms with Crippen molar-refractivity contribution >= 4 is 5.78 Å². The second-order valence-corrected chi connectivity index (χ2v) is 13.7. The Morgan fingerprint density at radius 2 is 1.57 bits per heavy atom. The Kier molecular flexibility index (Phi) is 5.70. The van der Waals surface area contributed by atoms with E-state index < -0.39 is 0 Å². The van der Waals surface area contributed by atoms with Crippen molar-refractivity contribution in [2.24, 2.45) is 33.5 Å². The lowest BCUT2D eigenvalue weighted by Crippen LogP contribution is -2.65. The fourth-order valence-corrected chi connectivity index (χ4v) is 9.39. The summed E-state index contributed by atoms with van der Waals surface area (Å²) in [5.41, 5.74) is 2.27. The third-order valence-electron chi connectivity index (χ3n) is 12.0. The predicted molar refractivity (Wildman–Crippen MR) is 136 cm³/mol. The first-order valence-corrected chi connectivity index (χ1v) is 13.5. The molecule has 3 saturated carbocycles. The van der Waals surface area contributed by atoms with Gasteiger partial charge in [-0.3, -0.25) is 4.79 Å². The molecule has 5 rings (SSSR count). The molecule has 0 radical (unpaired) electrons. The molecule has 1 N–H and O–H groups in total. The monoisotopic (exact) mass is 484 g/mol. The Hall–Kier alpha value is -1.59. The molecular formula is C30H44O5. The van der Waals surface area contributed by atoms with E-state index in [0.29, 0.717) is 30.1 Å². The van der Waals surface area contributed by atoms with Crippen LogP contribution in [0, 0.1) is 33.5 Å². The van der Waals surface area contributed by atoms with E-state index in [4.69, 9.17) is 14.5 Å². The third-order valence-corrected chi connectivity index (χ3v) is 12.0. The lowest BCUT2D eigenvalue weighted by atomic mass is 9.32. The van der Waals surface area contributed by atoms with Crippen LogP contribution in [0.3, 0.4) is 0 Å². The highest BCUT2D eigenvalue weighted by Gasteiger charge is 2.68. The molecule has 35 heavy (non-hydrogen) atoms. The maximum Gasteiger partial charge on any atom is 0.163 e. The number of carbonyl (C=O) groups is 1. The van der Waals surface area contributed by atoms with Crippen LogP contribution in [-0.4, -0.2) is 31.7 Å². The molecule has 5 heteroatoms. The Labute approximate surface area is 210 Å². The van der Waals surface area contributed by atoms with Crippen molar-refractivity contribution in [3.8, 4) is 11.5 Å². The van der Waals surface area contributed by atoms with E-state index in [1.807, 2.05) is 6.07 Å². The van der Waals surface area contributed by atoms with Gasteiger partial charge in [0.25, 0.3) is 0 Å². The fraction of sp³-hybridized carbons (Fsp3) is 0.767. The van der Waals surface area contributed by atoms with Crippen LogP contribution in [-0.2, 0) is 15.2 Å². The average Bonchev–Trinajstić information content (AvgIpc) is 2.82. The van der Waals surface area contributed by atoms with Gasteiger partial charge in [0.2, 0.25) is 0 Å². The Morgan fingerprint density at radius 3 is 2.26 bits per heavy atom. The summed E-state index contributed by atoms with van der Waals surface area (Å²) in [5.74, 6) is 1.56. The number of rotatable bonds is 4. The molecule has 0 spiro atoms. The number of phenols is 1. The second-order valence-electron chi connectivity index (χ2n) is 13.7. The SMILES string of the molecule is COOC[C@@]1(C)CC[C@]2(C)CC[C@]3(C)[C@@H]4CC(=O)c5cc(OC)c(O)cc5[C@]4(C)CC[C@@]3(C)C2C1. The highest BCUT2D eigenvalue weighted by atomic mass is 17.2. The van der Waals surface area contributed by atoms with Crippen LogP contribution in [0.1, 0.15) is 102 Å². The maximum absolute atomic E-state index is 13.6. The zero-order chi connectivity index (χ0) is 25.4. The number of aromatic hydroxyl groups is 1. The molecule has 194 valence electrons. The summed E-state index contributed by atoms with van der Waals surface area (Å²) < 4.78 is 5.35. The molecule has 0 saturated heterocycles. The van der Waals surface area contributed by atoms with Gasteiger partial charge in [-0.05, 0) is 102 Å². The molecule has 0 aliphatic heterocycles. The Balaban J connectivity index is 1.57. The summed E-state index contributed by atoms with van der Waals surface area (Å²) in [6, 6.07) is 3.60. The van der Waals surface area contributed by atoms with Crippen LogP contribution < -0.4 is 4.74 Å². The van der Waals surface area contributed by atoms with Crippen LogP contribution in [0.4, 0.5) is 0 Å². The van der Waals surface area contributed by atoms with Crippen molar-refractivity contribution in [2.45, 2.75) is 91.4 Å². The number of hydrogen-bond donors (Lipinski definition) is 1. The summed E-state index contributed by atoms with van der Waals surface area (Å²) in [4.78, 5) is 24.1. The highest BCUT2D eigenvalue weighted by Crippen LogP contribution is 2.75. The fourth-order valence-electron chi connectivity index (χ4n) is 9.39. The summed E-state index contributed by atoms with van der Waals surface area (Å²) in [6.07, 6.45) is 8.67. The molecule has 4 aliphatic carbocycles. The standard InChI is InChI=1S/C30H44O5/c1-26(18-35-34-7)8-9-27(2)10-12-29(4)24-16-21(31)19-14-23(33-6)22(32)15-20(19)28(24,3)11-13-30(29,5)25(27)17-26/h14-15,24-25,32H,8-13,16-18H2,1-7H3/t24-,25?,26+,27-,28+,29-,30+/m1/s1. The first kappa shape index (κ1) is 25.1. The molecule has 1 aromatic carbocycles. The van der Waals surface area contributed by atoms with Gasteiger partial charge in [0.1, 0.15) is 0 Å². The average molecular weight is 485 g/mol. The number of methoxy groups -OCH3 is 1. The van der Waals surface area contributed by atoms with E-state index in [9.17, 15) is 9.90 Å². The van der Waals surface area contributed by atoms with Gasteiger partial charge in [0, 0.05) is 12.0 Å². The number of fused-ring (bicyclic) bond motifs is 7. The van der Waals surface area contributed by atoms with E-state index in [1.54, 1.807) is 20.3 Å². The Bertz CT molecular complexity index is 1040. The smallest absolute Gasteiger partial charge is 0.163 e. The molecule has 5 nitrogen and oxygen atoms in total. The molecule has 1 aromatic rings. The molecular weight excluding hydrogens is 440 g/mol. The van der Waals surface area contributed by atoms with Gasteiger partial charge in [-0.15, -0.1) is 0 Å². The number of ketones is 1. The first-order chi connectivity index (χ1) is 16.4. The Morgan fingerprint density at radius 1 is 0.914 bits per heavy atom. The van der Waals surface area contributed by atoms with Gasteiger partial charge >= 0.3 is 0 Å². The van der Waals surface area contributed by atoms with E-state index in [0.717, 1.165) is 36.8 Å². The van der Waals surface area contributed by atoms with E-state index in [2.05, 4.69) is 34.6 Å². The van der Waals surface area contributed by atoms with Crippen molar-refractivity contribution in [1.82, 2.24) is 0 Å². The van der Waals surface area contributed by atoms with E-state index in [-0.39, 0.29) is 39.1 Å². The molecule has 3 fully saturated rings. The van der Waals surface area contributed by atoms with Crippen molar-refractivity contribution < 1.29 is 24.4 Å². The second kappa shape index (κ2) is 7.95. The van der Waals surface area contributed by atoms with Gasteiger partial charge in [0.05, 0.1) is 20.8 Å². The number of hydrogen-bond acceptors (Lipinski definition) is 5. The third kappa shape index (κ3) is 3.36. The number of Topliss-reactive ketones (excluding diaryl/α,β-unsaturated/α-hetero) is 1. The largest absolute Gasteiger partial charge is 0.504 e. The van der Waals surface area contributed by atoms with Crippen LogP contribution >= 0.6 is 0 Å². The van der Waals surface area contributed by atoms with Crippen LogP contribution in [0.5, 0.6) is 11.5 Å². The van der Waals surface area contributed by atoms with Crippen LogP contribution in [0.2, 0.25) is 0 Å². The van der Waals surface area contributed by atoms with Crippen molar-refractivity contribution in [1.29, 1.82) is 0 Å². The minimum Gasteiger partial charge on any atom is -0.504 e. The van der Waals surface area contributed by atoms with Crippen LogP contribution in [0.15, 0.2) is 12.1 Å². The van der Waals surface area contributed by atoms with Crippen molar-refractivity contribution in [3.05, 3.63) is 23.3 Å². The zero-order valence-electron chi connectivity index (χ0n) is 22.8. The summed E-state index contributed by atoms with van der Waals surface area (Å²) in [6.45, 7) is 12.9. The van der Waals surface area contributed by atoms with Gasteiger partial charge in [-0.1, -0.05) is 34.6 Å². The first-order valence-electron chi connectivity index (χ1n) is 13.5. The molecule has 1 unspecified atom stereocenters. The lowest BCUT2D eigenvalue weighted by Gasteiger charge is -2.72. The van der Waals surface area contributed by atoms with Gasteiger partial charge in [-0.25, -0.2) is 9.78 Å². The molecule has 0 aromatic heterocycles. The zero-order valence-corrected chi connectivity index (χ0v) is 22.8. The number of phenolic OH excluding ortho intramolecular Hbond substituents is 1. The summed E-state index contributed by atoms with van der Waals surface area (Å²) in [5, 5.41) is 10.7. The number of benzene rings is 1. The van der Waals surface area contributed by atoms with Crippen molar-refractivity contribution in [3.63, 3.8) is 0 Å². The molecule has 0 amide bonds. The quantitative estimate of drug-likeness (QED) is 0.374. The van der Waals surface area contributed by atoms with Gasteiger partial charge in [0.15, 0.2) is 17.3 Å². The van der Waals surface area contributed by atoms with Crippen LogP contribution in [0.25, 0.3) is 0 Å². The van der Waals surface area contributed by atoms with Gasteiger partial charge < -0.3 is 9.84 Å².